The lowest BCUT2D eigenvalue weighted by molar-refractivity contribution is -0.137. The molecule has 1 fully saturated rings. The van der Waals surface area contributed by atoms with Gasteiger partial charge in [0.1, 0.15) is 0 Å². The van der Waals surface area contributed by atoms with Gasteiger partial charge in [0.05, 0.1) is 6.04 Å². The minimum Gasteiger partial charge on any atom is -0.339 e. The molecule has 1 unspecified atom stereocenters. The Hall–Kier alpha value is -0.610. The maximum atomic E-state index is 12.1. The van der Waals surface area contributed by atoms with Crippen LogP contribution in [-0.4, -0.2) is 61.0 Å². The zero-order chi connectivity index (χ0) is 11.4. The van der Waals surface area contributed by atoms with E-state index < -0.39 is 0 Å². The van der Waals surface area contributed by atoms with Crippen LogP contribution in [0.25, 0.3) is 0 Å². The molecule has 0 radical (unpaired) electrons. The lowest BCUT2D eigenvalue weighted by atomic mass is 10.2. The van der Waals surface area contributed by atoms with Crippen LogP contribution in [0.2, 0.25) is 0 Å². The largest absolute Gasteiger partial charge is 0.339 e. The van der Waals surface area contributed by atoms with Crippen LogP contribution in [0.15, 0.2) is 0 Å². The van der Waals surface area contributed by atoms with Gasteiger partial charge < -0.3 is 10.2 Å². The van der Waals surface area contributed by atoms with Crippen molar-refractivity contribution in [2.45, 2.75) is 32.9 Å². The SMILES string of the molecule is CC(C)N(C)C(C)C(=O)N1CCNCC1. The van der Waals surface area contributed by atoms with Crippen molar-refractivity contribution in [3.8, 4) is 0 Å². The van der Waals surface area contributed by atoms with Crippen molar-refractivity contribution in [3.63, 3.8) is 0 Å². The molecule has 4 nitrogen and oxygen atoms in total. The molecule has 1 aliphatic rings. The molecule has 0 aromatic rings. The van der Waals surface area contributed by atoms with E-state index in [1.807, 2.05) is 18.9 Å². The summed E-state index contributed by atoms with van der Waals surface area (Å²) in [6, 6.07) is 0.398. The van der Waals surface area contributed by atoms with E-state index in [4.69, 9.17) is 0 Å². The van der Waals surface area contributed by atoms with Crippen LogP contribution in [0.3, 0.4) is 0 Å². The summed E-state index contributed by atoms with van der Waals surface area (Å²) in [5.41, 5.74) is 0. The zero-order valence-electron chi connectivity index (χ0n) is 10.3. The van der Waals surface area contributed by atoms with E-state index >= 15 is 0 Å². The molecule has 1 atom stereocenters. The first-order valence-corrected chi connectivity index (χ1v) is 5.75. The number of carbonyl (C=O) groups is 1. The van der Waals surface area contributed by atoms with Gasteiger partial charge >= 0.3 is 0 Å². The first-order valence-electron chi connectivity index (χ1n) is 5.75. The van der Waals surface area contributed by atoms with Crippen molar-refractivity contribution in [1.82, 2.24) is 15.1 Å². The van der Waals surface area contributed by atoms with Gasteiger partial charge in [0, 0.05) is 32.2 Å². The van der Waals surface area contributed by atoms with Crippen LogP contribution in [0.1, 0.15) is 20.8 Å². The second-order valence-electron chi connectivity index (χ2n) is 4.51. The summed E-state index contributed by atoms with van der Waals surface area (Å²) in [5.74, 6) is 0.257. The molecule has 0 spiro atoms. The van der Waals surface area contributed by atoms with E-state index in [0.717, 1.165) is 26.2 Å². The fraction of sp³-hybridized carbons (Fsp3) is 0.909. The Morgan fingerprint density at radius 2 is 1.80 bits per heavy atom. The number of amides is 1. The van der Waals surface area contributed by atoms with E-state index in [9.17, 15) is 4.79 Å². The lowest BCUT2D eigenvalue weighted by Gasteiger charge is -2.34. The number of nitrogens with zero attached hydrogens (tertiary/aromatic N) is 2. The molecular weight excluding hydrogens is 190 g/mol. The molecule has 1 N–H and O–H groups in total. The van der Waals surface area contributed by atoms with Gasteiger partial charge in [-0.05, 0) is 27.8 Å². The Morgan fingerprint density at radius 3 is 2.27 bits per heavy atom. The van der Waals surface area contributed by atoms with Gasteiger partial charge in [-0.2, -0.15) is 0 Å². The van der Waals surface area contributed by atoms with Crippen molar-refractivity contribution >= 4 is 5.91 Å². The van der Waals surface area contributed by atoms with Gasteiger partial charge in [-0.3, -0.25) is 9.69 Å². The average molecular weight is 213 g/mol. The van der Waals surface area contributed by atoms with Crippen LogP contribution in [-0.2, 0) is 4.79 Å². The number of hydrogen-bond acceptors (Lipinski definition) is 3. The van der Waals surface area contributed by atoms with Crippen LogP contribution in [0, 0.1) is 0 Å². The third kappa shape index (κ3) is 3.18. The number of carbonyl (C=O) groups excluding carboxylic acids is 1. The summed E-state index contributed by atoms with van der Waals surface area (Å²) in [5, 5.41) is 3.25. The summed E-state index contributed by atoms with van der Waals surface area (Å²) in [4.78, 5) is 16.2. The first-order chi connectivity index (χ1) is 7.04. The predicted molar refractivity (Wildman–Crippen MR) is 61.8 cm³/mol. The van der Waals surface area contributed by atoms with Crippen molar-refractivity contribution in [1.29, 1.82) is 0 Å². The minimum absolute atomic E-state index is 0.0110. The number of piperazine rings is 1. The fourth-order valence-electron chi connectivity index (χ4n) is 1.77. The van der Waals surface area contributed by atoms with E-state index in [1.165, 1.54) is 0 Å². The Bertz CT molecular complexity index is 212. The molecule has 0 aromatic heterocycles. The third-order valence-corrected chi connectivity index (χ3v) is 3.21. The second kappa shape index (κ2) is 5.47. The molecule has 15 heavy (non-hydrogen) atoms. The summed E-state index contributed by atoms with van der Waals surface area (Å²) in [7, 11) is 2.01. The maximum Gasteiger partial charge on any atom is 0.239 e. The monoisotopic (exact) mass is 213 g/mol. The lowest BCUT2D eigenvalue weighted by Crippen LogP contribution is -2.53. The van der Waals surface area contributed by atoms with Crippen LogP contribution < -0.4 is 5.32 Å². The molecule has 4 heteroatoms. The van der Waals surface area contributed by atoms with Crippen molar-refractivity contribution < 1.29 is 4.79 Å². The van der Waals surface area contributed by atoms with Crippen molar-refractivity contribution in [3.05, 3.63) is 0 Å². The predicted octanol–water partition coefficient (Wildman–Crippen LogP) is 0.147. The Morgan fingerprint density at radius 1 is 1.27 bits per heavy atom. The summed E-state index contributed by atoms with van der Waals surface area (Å²) in [6.07, 6.45) is 0. The summed E-state index contributed by atoms with van der Waals surface area (Å²) < 4.78 is 0. The van der Waals surface area contributed by atoms with Gasteiger partial charge in [-0.15, -0.1) is 0 Å². The highest BCUT2D eigenvalue weighted by Gasteiger charge is 2.25. The Kier molecular flexibility index (Phi) is 4.54. The normalized spacial score (nSPS) is 19.7. The highest BCUT2D eigenvalue weighted by atomic mass is 16.2. The highest BCUT2D eigenvalue weighted by Crippen LogP contribution is 2.06. The molecule has 1 rings (SSSR count). The summed E-state index contributed by atoms with van der Waals surface area (Å²) >= 11 is 0. The molecule has 0 saturated carbocycles. The van der Waals surface area contributed by atoms with Gasteiger partial charge in [-0.25, -0.2) is 0 Å². The average Bonchev–Trinajstić information content (AvgIpc) is 2.27. The minimum atomic E-state index is -0.0110. The van der Waals surface area contributed by atoms with Crippen LogP contribution >= 0.6 is 0 Å². The maximum absolute atomic E-state index is 12.1. The number of rotatable bonds is 3. The Labute approximate surface area is 92.6 Å². The van der Waals surface area contributed by atoms with E-state index in [0.29, 0.717) is 6.04 Å². The zero-order valence-corrected chi connectivity index (χ0v) is 10.3. The Balaban J connectivity index is 2.50. The van der Waals surface area contributed by atoms with Crippen molar-refractivity contribution in [2.24, 2.45) is 0 Å². The molecular formula is C11H23N3O. The van der Waals surface area contributed by atoms with Crippen LogP contribution in [0.4, 0.5) is 0 Å². The van der Waals surface area contributed by atoms with E-state index in [-0.39, 0.29) is 11.9 Å². The van der Waals surface area contributed by atoms with E-state index in [2.05, 4.69) is 24.1 Å². The highest BCUT2D eigenvalue weighted by molar-refractivity contribution is 5.81. The molecule has 0 bridgehead atoms. The summed E-state index contributed by atoms with van der Waals surface area (Å²) in [6.45, 7) is 9.74. The standard InChI is InChI=1S/C11H23N3O/c1-9(2)13(4)10(3)11(15)14-7-5-12-6-8-14/h9-10,12H,5-8H2,1-4H3. The molecule has 1 aliphatic heterocycles. The number of hydrogen-bond donors (Lipinski definition) is 1. The second-order valence-corrected chi connectivity index (χ2v) is 4.51. The fourth-order valence-corrected chi connectivity index (χ4v) is 1.77. The number of likely N-dealkylation sites (N-methyl/N-ethyl adjacent to an activating group) is 1. The van der Waals surface area contributed by atoms with Crippen molar-refractivity contribution in [2.75, 3.05) is 33.2 Å². The molecule has 88 valence electrons. The van der Waals surface area contributed by atoms with Gasteiger partial charge in [0.25, 0.3) is 0 Å². The third-order valence-electron chi connectivity index (χ3n) is 3.21. The molecule has 1 saturated heterocycles. The quantitative estimate of drug-likeness (QED) is 0.725. The smallest absolute Gasteiger partial charge is 0.239 e. The van der Waals surface area contributed by atoms with Gasteiger partial charge in [0.15, 0.2) is 0 Å². The van der Waals surface area contributed by atoms with Crippen LogP contribution in [0.5, 0.6) is 0 Å². The molecule has 0 aromatic carbocycles. The van der Waals surface area contributed by atoms with Gasteiger partial charge in [0.2, 0.25) is 5.91 Å². The molecule has 1 heterocycles. The topological polar surface area (TPSA) is 35.6 Å². The number of nitrogens with one attached hydrogen (secondary N) is 1. The van der Waals surface area contributed by atoms with E-state index in [1.54, 1.807) is 0 Å². The first kappa shape index (κ1) is 12.5. The molecule has 0 aliphatic carbocycles. The van der Waals surface area contributed by atoms with Gasteiger partial charge in [-0.1, -0.05) is 0 Å². The molecule has 1 amide bonds.